The fraction of sp³-hybridized carbons (Fsp3) is 0.400. The first-order valence-electron chi connectivity index (χ1n) is 2.29. The average molecular weight is 133 g/mol. The quantitative estimate of drug-likeness (QED) is 0.499. The van der Waals surface area contributed by atoms with Crippen molar-refractivity contribution in [3.63, 3.8) is 0 Å². The van der Waals surface area contributed by atoms with Crippen molar-refractivity contribution in [2.24, 2.45) is 0 Å². The SMILES string of the molecule is O=C1CC(C=CCl)O1. The normalized spacial score (nSPS) is 27.6. The van der Waals surface area contributed by atoms with Crippen LogP contribution in [0.25, 0.3) is 0 Å². The molecular weight excluding hydrogens is 128 g/mol. The number of esters is 1. The number of ether oxygens (including phenoxy) is 1. The molecule has 0 aliphatic carbocycles. The van der Waals surface area contributed by atoms with Crippen molar-refractivity contribution in [2.45, 2.75) is 12.5 Å². The van der Waals surface area contributed by atoms with Gasteiger partial charge in [0.2, 0.25) is 0 Å². The minimum atomic E-state index is -0.148. The molecule has 3 heteroatoms. The van der Waals surface area contributed by atoms with E-state index in [2.05, 4.69) is 4.74 Å². The molecule has 0 radical (unpaired) electrons. The molecule has 1 rings (SSSR count). The molecule has 0 spiro atoms. The molecule has 0 amide bonds. The van der Waals surface area contributed by atoms with Crippen LogP contribution in [0.4, 0.5) is 0 Å². The first-order chi connectivity index (χ1) is 3.83. The van der Waals surface area contributed by atoms with Gasteiger partial charge in [0.25, 0.3) is 0 Å². The molecule has 0 aromatic heterocycles. The van der Waals surface area contributed by atoms with Crippen LogP contribution >= 0.6 is 11.6 Å². The molecule has 0 bridgehead atoms. The Kier molecular flexibility index (Phi) is 1.53. The van der Waals surface area contributed by atoms with Crippen molar-refractivity contribution in [1.29, 1.82) is 0 Å². The molecule has 2 nitrogen and oxygen atoms in total. The van der Waals surface area contributed by atoms with Crippen LogP contribution in [0.3, 0.4) is 0 Å². The summed E-state index contributed by atoms with van der Waals surface area (Å²) in [4.78, 5) is 10.1. The number of rotatable bonds is 1. The van der Waals surface area contributed by atoms with Gasteiger partial charge in [0.1, 0.15) is 6.10 Å². The first kappa shape index (κ1) is 5.63. The van der Waals surface area contributed by atoms with Gasteiger partial charge in [-0.1, -0.05) is 11.6 Å². The van der Waals surface area contributed by atoms with Gasteiger partial charge in [-0.15, -0.1) is 0 Å². The monoisotopic (exact) mass is 132 g/mol. The topological polar surface area (TPSA) is 26.3 Å². The van der Waals surface area contributed by atoms with Crippen LogP contribution in [-0.2, 0) is 9.53 Å². The van der Waals surface area contributed by atoms with Crippen molar-refractivity contribution >= 4 is 17.6 Å². The Hall–Kier alpha value is -0.500. The van der Waals surface area contributed by atoms with Crippen LogP contribution in [0.1, 0.15) is 6.42 Å². The van der Waals surface area contributed by atoms with E-state index in [9.17, 15) is 4.79 Å². The van der Waals surface area contributed by atoms with E-state index < -0.39 is 0 Å². The number of hydrogen-bond acceptors (Lipinski definition) is 2. The van der Waals surface area contributed by atoms with Crippen molar-refractivity contribution in [3.05, 3.63) is 11.6 Å². The van der Waals surface area contributed by atoms with Crippen LogP contribution in [0.2, 0.25) is 0 Å². The third-order valence-corrected chi connectivity index (χ3v) is 1.08. The Morgan fingerprint density at radius 2 is 2.50 bits per heavy atom. The van der Waals surface area contributed by atoms with Crippen molar-refractivity contribution in [2.75, 3.05) is 0 Å². The minimum Gasteiger partial charge on any atom is -0.457 e. The number of halogens is 1. The average Bonchev–Trinajstić information content (AvgIpc) is 1.64. The molecule has 8 heavy (non-hydrogen) atoms. The highest BCUT2D eigenvalue weighted by atomic mass is 35.5. The summed E-state index contributed by atoms with van der Waals surface area (Å²) in [6.07, 6.45) is 2.06. The molecule has 44 valence electrons. The highest BCUT2D eigenvalue weighted by Crippen LogP contribution is 2.13. The summed E-state index contributed by atoms with van der Waals surface area (Å²) in [6, 6.07) is 0. The van der Waals surface area contributed by atoms with Crippen molar-refractivity contribution < 1.29 is 9.53 Å². The standard InChI is InChI=1S/C5H5ClO2/c6-2-1-4-3-5(7)8-4/h1-2,4H,3H2. The second-order valence-corrected chi connectivity index (χ2v) is 1.80. The minimum absolute atomic E-state index is 0.0556. The molecule has 0 aromatic carbocycles. The number of carbonyl (C=O) groups excluding carboxylic acids is 1. The van der Waals surface area contributed by atoms with E-state index >= 15 is 0 Å². The Bertz CT molecular complexity index is 122. The Morgan fingerprint density at radius 3 is 2.88 bits per heavy atom. The summed E-state index contributed by atoms with van der Waals surface area (Å²) in [6.45, 7) is 0. The summed E-state index contributed by atoms with van der Waals surface area (Å²) in [5, 5.41) is 0. The van der Waals surface area contributed by atoms with E-state index in [-0.39, 0.29) is 12.1 Å². The lowest BCUT2D eigenvalue weighted by molar-refractivity contribution is -0.164. The highest BCUT2D eigenvalue weighted by molar-refractivity contribution is 6.25. The molecular formula is C5H5ClO2. The summed E-state index contributed by atoms with van der Waals surface area (Å²) in [7, 11) is 0. The van der Waals surface area contributed by atoms with Crippen LogP contribution in [0, 0.1) is 0 Å². The molecule has 1 unspecified atom stereocenters. The fourth-order valence-corrected chi connectivity index (χ4v) is 0.674. The Labute approximate surface area is 52.1 Å². The van der Waals surface area contributed by atoms with E-state index in [1.165, 1.54) is 5.54 Å². The maximum atomic E-state index is 10.1. The summed E-state index contributed by atoms with van der Waals surface area (Å²) >= 11 is 5.18. The number of hydrogen-bond donors (Lipinski definition) is 0. The zero-order valence-electron chi connectivity index (χ0n) is 4.13. The van der Waals surface area contributed by atoms with E-state index in [4.69, 9.17) is 11.6 Å². The molecule has 1 saturated heterocycles. The van der Waals surface area contributed by atoms with Gasteiger partial charge in [-0.2, -0.15) is 0 Å². The molecule has 0 aromatic rings. The molecule has 1 aliphatic heterocycles. The first-order valence-corrected chi connectivity index (χ1v) is 2.73. The lowest BCUT2D eigenvalue weighted by atomic mass is 10.2. The van der Waals surface area contributed by atoms with Gasteiger partial charge in [-0.3, -0.25) is 4.79 Å². The summed E-state index contributed by atoms with van der Waals surface area (Å²) < 4.78 is 4.57. The maximum Gasteiger partial charge on any atom is 0.310 e. The zero-order chi connectivity index (χ0) is 5.98. The van der Waals surface area contributed by atoms with Gasteiger partial charge in [-0.25, -0.2) is 0 Å². The van der Waals surface area contributed by atoms with Crippen molar-refractivity contribution in [1.82, 2.24) is 0 Å². The summed E-state index contributed by atoms with van der Waals surface area (Å²) in [5.74, 6) is -0.148. The van der Waals surface area contributed by atoms with Gasteiger partial charge in [0.15, 0.2) is 0 Å². The molecule has 1 heterocycles. The Morgan fingerprint density at radius 1 is 1.88 bits per heavy atom. The second kappa shape index (κ2) is 2.18. The summed E-state index contributed by atoms with van der Waals surface area (Å²) in [5.41, 5.74) is 1.36. The van der Waals surface area contributed by atoms with E-state index in [1.54, 1.807) is 6.08 Å². The molecule has 1 atom stereocenters. The Balaban J connectivity index is 2.25. The lowest BCUT2D eigenvalue weighted by Gasteiger charge is -2.21. The maximum absolute atomic E-state index is 10.1. The third-order valence-electron chi connectivity index (χ3n) is 0.938. The molecule has 1 aliphatic rings. The predicted octanol–water partition coefficient (Wildman–Crippen LogP) is 1.05. The van der Waals surface area contributed by atoms with Gasteiger partial charge in [0.05, 0.1) is 6.42 Å². The zero-order valence-corrected chi connectivity index (χ0v) is 4.89. The fourth-order valence-electron chi connectivity index (χ4n) is 0.512. The molecule has 1 fully saturated rings. The second-order valence-electron chi connectivity index (χ2n) is 1.55. The van der Waals surface area contributed by atoms with Crippen LogP contribution < -0.4 is 0 Å². The predicted molar refractivity (Wildman–Crippen MR) is 29.5 cm³/mol. The number of carbonyl (C=O) groups is 1. The van der Waals surface area contributed by atoms with Gasteiger partial charge in [-0.05, 0) is 6.08 Å². The lowest BCUT2D eigenvalue weighted by Crippen LogP contribution is -2.30. The van der Waals surface area contributed by atoms with Gasteiger partial charge >= 0.3 is 5.97 Å². The smallest absolute Gasteiger partial charge is 0.310 e. The third kappa shape index (κ3) is 1.01. The van der Waals surface area contributed by atoms with Crippen molar-refractivity contribution in [3.8, 4) is 0 Å². The van der Waals surface area contributed by atoms with Crippen LogP contribution in [0.15, 0.2) is 11.6 Å². The highest BCUT2D eigenvalue weighted by Gasteiger charge is 2.24. The van der Waals surface area contributed by atoms with E-state index in [0.29, 0.717) is 6.42 Å². The molecule has 0 N–H and O–H groups in total. The van der Waals surface area contributed by atoms with Gasteiger partial charge < -0.3 is 4.74 Å². The molecule has 0 saturated carbocycles. The van der Waals surface area contributed by atoms with Crippen LogP contribution in [-0.4, -0.2) is 12.1 Å². The van der Waals surface area contributed by atoms with E-state index in [0.717, 1.165) is 0 Å². The van der Waals surface area contributed by atoms with Crippen LogP contribution in [0.5, 0.6) is 0 Å². The number of cyclic esters (lactones) is 1. The largest absolute Gasteiger partial charge is 0.457 e. The van der Waals surface area contributed by atoms with Gasteiger partial charge in [0, 0.05) is 5.54 Å². The van der Waals surface area contributed by atoms with E-state index in [1.807, 2.05) is 0 Å².